The molecule has 0 saturated heterocycles. The van der Waals surface area contributed by atoms with Gasteiger partial charge in [0.2, 0.25) is 11.8 Å². The lowest BCUT2D eigenvalue weighted by Gasteiger charge is -2.12. The maximum Gasteiger partial charge on any atom is 0.244 e. The van der Waals surface area contributed by atoms with Gasteiger partial charge in [0.15, 0.2) is 0 Å². The number of hydrogen-bond donors (Lipinski definition) is 2. The van der Waals surface area contributed by atoms with E-state index in [1.807, 2.05) is 60.7 Å². The lowest BCUT2D eigenvalue weighted by Crippen LogP contribution is -2.44. The fourth-order valence-corrected chi connectivity index (χ4v) is 2.87. The van der Waals surface area contributed by atoms with Crippen LogP contribution in [-0.2, 0) is 9.59 Å². The molecule has 0 bridgehead atoms. The van der Waals surface area contributed by atoms with Gasteiger partial charge in [-0.25, -0.2) is 0 Å². The molecule has 25 heavy (non-hydrogen) atoms. The van der Waals surface area contributed by atoms with Crippen LogP contribution in [0.4, 0.5) is 0 Å². The monoisotopic (exact) mass is 354 g/mol. The highest BCUT2D eigenvalue weighted by molar-refractivity contribution is 7.99. The fourth-order valence-electron chi connectivity index (χ4n) is 2.08. The molecule has 2 aromatic carbocycles. The zero-order valence-electron chi connectivity index (χ0n) is 14.1. The van der Waals surface area contributed by atoms with Gasteiger partial charge in [-0.2, -0.15) is 0 Å². The lowest BCUT2D eigenvalue weighted by atomic mass is 10.2. The van der Waals surface area contributed by atoms with Crippen molar-refractivity contribution in [2.75, 3.05) is 12.3 Å². The first-order valence-electron chi connectivity index (χ1n) is 8.14. The zero-order chi connectivity index (χ0) is 17.9. The van der Waals surface area contributed by atoms with E-state index >= 15 is 0 Å². The highest BCUT2D eigenvalue weighted by Gasteiger charge is 2.13. The molecule has 0 aliphatic rings. The topological polar surface area (TPSA) is 58.2 Å². The van der Waals surface area contributed by atoms with E-state index < -0.39 is 6.04 Å². The maximum absolute atomic E-state index is 12.0. The summed E-state index contributed by atoms with van der Waals surface area (Å²) < 4.78 is 0. The Hall–Kier alpha value is -2.53. The predicted molar refractivity (Wildman–Crippen MR) is 103 cm³/mol. The first-order valence-corrected chi connectivity index (χ1v) is 9.13. The minimum atomic E-state index is -0.574. The van der Waals surface area contributed by atoms with E-state index in [0.29, 0.717) is 6.54 Å². The van der Waals surface area contributed by atoms with Crippen LogP contribution in [0.1, 0.15) is 12.5 Å². The normalized spacial score (nSPS) is 11.9. The Morgan fingerprint density at radius 1 is 1.04 bits per heavy atom. The smallest absolute Gasteiger partial charge is 0.244 e. The van der Waals surface area contributed by atoms with Crippen molar-refractivity contribution >= 4 is 29.7 Å². The van der Waals surface area contributed by atoms with Crippen molar-refractivity contribution in [1.29, 1.82) is 0 Å². The Bertz CT molecular complexity index is 702. The molecule has 1 unspecified atom stereocenters. The number of rotatable bonds is 8. The molecule has 0 aliphatic heterocycles. The van der Waals surface area contributed by atoms with Gasteiger partial charge in [0.1, 0.15) is 6.04 Å². The molecule has 1 atom stereocenters. The molecule has 4 nitrogen and oxygen atoms in total. The van der Waals surface area contributed by atoms with Crippen molar-refractivity contribution in [2.24, 2.45) is 0 Å². The molecule has 2 amide bonds. The molecular weight excluding hydrogens is 332 g/mol. The van der Waals surface area contributed by atoms with Crippen LogP contribution in [0.3, 0.4) is 0 Å². The summed E-state index contributed by atoms with van der Waals surface area (Å²) in [4.78, 5) is 25.0. The molecule has 0 radical (unpaired) electrons. The van der Waals surface area contributed by atoms with Gasteiger partial charge in [-0.3, -0.25) is 9.59 Å². The van der Waals surface area contributed by atoms with Crippen molar-refractivity contribution in [3.05, 3.63) is 72.3 Å². The molecule has 0 saturated carbocycles. The zero-order valence-corrected chi connectivity index (χ0v) is 15.0. The largest absolute Gasteiger partial charge is 0.353 e. The Balaban J connectivity index is 1.67. The number of benzene rings is 2. The van der Waals surface area contributed by atoms with Gasteiger partial charge in [-0.05, 0) is 30.7 Å². The summed E-state index contributed by atoms with van der Waals surface area (Å²) in [6.45, 7) is 2.23. The Morgan fingerprint density at radius 3 is 2.36 bits per heavy atom. The summed E-state index contributed by atoms with van der Waals surface area (Å²) in [5, 5.41) is 5.50. The highest BCUT2D eigenvalue weighted by Crippen LogP contribution is 2.15. The summed E-state index contributed by atoms with van der Waals surface area (Å²) in [7, 11) is 0. The van der Waals surface area contributed by atoms with Crippen LogP contribution >= 0.6 is 11.8 Å². The van der Waals surface area contributed by atoms with Gasteiger partial charge < -0.3 is 10.6 Å². The number of amides is 2. The summed E-state index contributed by atoms with van der Waals surface area (Å²) in [5.41, 5.74) is 0.938. The van der Waals surface area contributed by atoms with Crippen molar-refractivity contribution in [3.63, 3.8) is 0 Å². The van der Waals surface area contributed by atoms with E-state index in [1.165, 1.54) is 11.0 Å². The van der Waals surface area contributed by atoms with E-state index in [-0.39, 0.29) is 11.8 Å². The standard InChI is InChI=1S/C20H22N2O2S/c1-16(22-19(23)13-12-17-8-4-2-5-9-17)20(24)21-14-15-25-18-10-6-3-7-11-18/h2-13,16H,14-15H2,1H3,(H,21,24)(H,22,23)/b13-12+. The van der Waals surface area contributed by atoms with Crippen LogP contribution in [0.5, 0.6) is 0 Å². The van der Waals surface area contributed by atoms with Gasteiger partial charge in [0.05, 0.1) is 0 Å². The first-order chi connectivity index (χ1) is 12.1. The number of nitrogens with one attached hydrogen (secondary N) is 2. The van der Waals surface area contributed by atoms with E-state index in [1.54, 1.807) is 24.8 Å². The van der Waals surface area contributed by atoms with E-state index in [4.69, 9.17) is 0 Å². The maximum atomic E-state index is 12.0. The molecule has 2 rings (SSSR count). The average Bonchev–Trinajstić information content (AvgIpc) is 2.65. The third kappa shape index (κ3) is 7.27. The van der Waals surface area contributed by atoms with E-state index in [9.17, 15) is 9.59 Å². The molecule has 5 heteroatoms. The summed E-state index contributed by atoms with van der Waals surface area (Å²) in [6.07, 6.45) is 3.15. The quantitative estimate of drug-likeness (QED) is 0.435. The Labute approximate surface area is 152 Å². The van der Waals surface area contributed by atoms with Gasteiger partial charge in [-0.15, -0.1) is 11.8 Å². The molecule has 0 fully saturated rings. The van der Waals surface area contributed by atoms with E-state index in [2.05, 4.69) is 10.6 Å². The number of thioether (sulfide) groups is 1. The summed E-state index contributed by atoms with van der Waals surface area (Å²) >= 11 is 1.68. The second-order valence-corrected chi connectivity index (χ2v) is 6.60. The van der Waals surface area contributed by atoms with Gasteiger partial charge in [0, 0.05) is 23.3 Å². The van der Waals surface area contributed by atoms with Crippen LogP contribution < -0.4 is 10.6 Å². The van der Waals surface area contributed by atoms with Crippen molar-refractivity contribution in [3.8, 4) is 0 Å². The van der Waals surface area contributed by atoms with E-state index in [0.717, 1.165) is 11.3 Å². The molecule has 0 heterocycles. The predicted octanol–water partition coefficient (Wildman–Crippen LogP) is 3.11. The summed E-state index contributed by atoms with van der Waals surface area (Å²) in [6, 6.07) is 19.0. The molecule has 0 aromatic heterocycles. The molecule has 0 spiro atoms. The van der Waals surface area contributed by atoms with Gasteiger partial charge in [0.25, 0.3) is 0 Å². The van der Waals surface area contributed by atoms with Gasteiger partial charge in [-0.1, -0.05) is 48.5 Å². The van der Waals surface area contributed by atoms with Crippen molar-refractivity contribution in [1.82, 2.24) is 10.6 Å². The van der Waals surface area contributed by atoms with Crippen LogP contribution in [0.15, 0.2) is 71.6 Å². The second-order valence-electron chi connectivity index (χ2n) is 5.43. The highest BCUT2D eigenvalue weighted by atomic mass is 32.2. The number of hydrogen-bond acceptors (Lipinski definition) is 3. The number of carbonyl (C=O) groups excluding carboxylic acids is 2. The summed E-state index contributed by atoms with van der Waals surface area (Å²) in [5.74, 6) is 0.310. The molecular formula is C20H22N2O2S. The average molecular weight is 354 g/mol. The minimum absolute atomic E-state index is 0.185. The second kappa shape index (κ2) is 10.4. The Morgan fingerprint density at radius 2 is 1.68 bits per heavy atom. The van der Waals surface area contributed by atoms with Crippen LogP contribution in [0.2, 0.25) is 0 Å². The van der Waals surface area contributed by atoms with Gasteiger partial charge >= 0.3 is 0 Å². The third-order valence-electron chi connectivity index (χ3n) is 3.39. The van der Waals surface area contributed by atoms with Crippen LogP contribution in [0, 0.1) is 0 Å². The minimum Gasteiger partial charge on any atom is -0.353 e. The lowest BCUT2D eigenvalue weighted by molar-refractivity contribution is -0.126. The fraction of sp³-hybridized carbons (Fsp3) is 0.200. The molecule has 0 aliphatic carbocycles. The molecule has 2 N–H and O–H groups in total. The van der Waals surface area contributed by atoms with Crippen LogP contribution in [-0.4, -0.2) is 30.2 Å². The third-order valence-corrected chi connectivity index (χ3v) is 4.41. The first kappa shape index (κ1) is 18.8. The SMILES string of the molecule is CC(NC(=O)/C=C/c1ccccc1)C(=O)NCCSc1ccccc1. The van der Waals surface area contributed by atoms with Crippen molar-refractivity contribution < 1.29 is 9.59 Å². The molecule has 130 valence electrons. The van der Waals surface area contributed by atoms with Crippen molar-refractivity contribution in [2.45, 2.75) is 17.9 Å². The van der Waals surface area contributed by atoms with Crippen LogP contribution in [0.25, 0.3) is 6.08 Å². The number of carbonyl (C=O) groups is 2. The Kier molecular flexibility index (Phi) is 7.79. The molecule has 2 aromatic rings.